The Bertz CT molecular complexity index is 850. The van der Waals surface area contributed by atoms with Gasteiger partial charge in [0, 0.05) is 17.4 Å². The molecule has 0 aliphatic rings. The minimum Gasteiger partial charge on any atom is -0.476 e. The molecular formula is C18H16N2O2. The van der Waals surface area contributed by atoms with Crippen LogP contribution in [0.5, 0.6) is 0 Å². The highest BCUT2D eigenvalue weighted by atomic mass is 16.4. The number of rotatable bonds is 3. The number of aromatic nitrogens is 2. The zero-order valence-electron chi connectivity index (χ0n) is 12.4. The van der Waals surface area contributed by atoms with E-state index in [4.69, 9.17) is 0 Å². The molecule has 0 unspecified atom stereocenters. The number of aryl methyl sites for hydroxylation is 2. The van der Waals surface area contributed by atoms with Gasteiger partial charge in [-0.2, -0.15) is 0 Å². The van der Waals surface area contributed by atoms with Crippen molar-refractivity contribution in [2.75, 3.05) is 0 Å². The first-order valence-electron chi connectivity index (χ1n) is 7.02. The lowest BCUT2D eigenvalue weighted by atomic mass is 10.1. The third kappa shape index (κ3) is 2.51. The van der Waals surface area contributed by atoms with Gasteiger partial charge in [0.1, 0.15) is 5.82 Å². The van der Waals surface area contributed by atoms with Crippen molar-refractivity contribution in [2.45, 2.75) is 13.8 Å². The number of aromatic carboxylic acids is 1. The predicted molar refractivity (Wildman–Crippen MR) is 85.4 cm³/mol. The van der Waals surface area contributed by atoms with Crippen LogP contribution in [0.3, 0.4) is 0 Å². The van der Waals surface area contributed by atoms with Gasteiger partial charge in [0.2, 0.25) is 0 Å². The molecule has 3 rings (SSSR count). The lowest BCUT2D eigenvalue weighted by molar-refractivity contribution is 0.0691. The van der Waals surface area contributed by atoms with Crippen LogP contribution < -0.4 is 0 Å². The van der Waals surface area contributed by atoms with Crippen molar-refractivity contribution in [3.05, 3.63) is 71.5 Å². The van der Waals surface area contributed by atoms with Gasteiger partial charge in [0.25, 0.3) is 0 Å². The molecule has 0 bridgehead atoms. The van der Waals surface area contributed by atoms with Gasteiger partial charge in [0.15, 0.2) is 5.69 Å². The van der Waals surface area contributed by atoms with Gasteiger partial charge in [-0.3, -0.25) is 4.57 Å². The molecule has 3 aromatic rings. The highest BCUT2D eigenvalue weighted by Gasteiger charge is 2.17. The van der Waals surface area contributed by atoms with Gasteiger partial charge in [-0.05, 0) is 37.1 Å². The molecule has 0 radical (unpaired) electrons. The van der Waals surface area contributed by atoms with Crippen LogP contribution in [0, 0.1) is 13.8 Å². The van der Waals surface area contributed by atoms with E-state index in [-0.39, 0.29) is 5.69 Å². The maximum atomic E-state index is 11.3. The third-order valence-corrected chi connectivity index (χ3v) is 3.59. The topological polar surface area (TPSA) is 55.1 Å². The summed E-state index contributed by atoms with van der Waals surface area (Å²) in [4.78, 5) is 15.6. The molecule has 1 heterocycles. The molecule has 110 valence electrons. The summed E-state index contributed by atoms with van der Waals surface area (Å²) in [5, 5.41) is 9.26. The lowest BCUT2D eigenvalue weighted by Gasteiger charge is -2.10. The zero-order valence-corrected chi connectivity index (χ0v) is 12.4. The van der Waals surface area contributed by atoms with Crippen LogP contribution in [0.15, 0.2) is 54.7 Å². The molecule has 0 atom stereocenters. The Kier molecular flexibility index (Phi) is 3.51. The minimum absolute atomic E-state index is 0.0414. The highest BCUT2D eigenvalue weighted by molar-refractivity contribution is 5.86. The van der Waals surface area contributed by atoms with Crippen molar-refractivity contribution in [3.63, 3.8) is 0 Å². The summed E-state index contributed by atoms with van der Waals surface area (Å²) in [5.74, 6) is -0.387. The molecular weight excluding hydrogens is 276 g/mol. The van der Waals surface area contributed by atoms with E-state index in [2.05, 4.69) is 4.98 Å². The number of hydrogen-bond acceptors (Lipinski definition) is 2. The molecule has 1 aromatic heterocycles. The molecule has 22 heavy (non-hydrogen) atoms. The van der Waals surface area contributed by atoms with Crippen LogP contribution in [0.2, 0.25) is 0 Å². The second-order valence-electron chi connectivity index (χ2n) is 5.28. The summed E-state index contributed by atoms with van der Waals surface area (Å²) in [7, 11) is 0. The number of nitrogens with zero attached hydrogens (tertiary/aromatic N) is 2. The Balaban J connectivity index is 2.25. The van der Waals surface area contributed by atoms with Crippen molar-refractivity contribution in [2.24, 2.45) is 0 Å². The number of hydrogen-bond donors (Lipinski definition) is 1. The number of carbonyl (C=O) groups is 1. The summed E-state index contributed by atoms with van der Waals surface area (Å²) in [6.07, 6.45) is 1.57. The number of imidazole rings is 1. The van der Waals surface area contributed by atoms with E-state index in [1.807, 2.05) is 66.9 Å². The first-order valence-corrected chi connectivity index (χ1v) is 7.02. The molecule has 0 aliphatic carbocycles. The quantitative estimate of drug-likeness (QED) is 0.797. The average molecular weight is 292 g/mol. The van der Waals surface area contributed by atoms with E-state index in [0.29, 0.717) is 5.82 Å². The second-order valence-corrected chi connectivity index (χ2v) is 5.28. The van der Waals surface area contributed by atoms with E-state index in [0.717, 1.165) is 22.4 Å². The van der Waals surface area contributed by atoms with Crippen LogP contribution in [-0.2, 0) is 0 Å². The summed E-state index contributed by atoms with van der Waals surface area (Å²) in [6, 6.07) is 15.7. The van der Waals surface area contributed by atoms with Gasteiger partial charge in [-0.15, -0.1) is 0 Å². The van der Waals surface area contributed by atoms with Crippen LogP contribution >= 0.6 is 0 Å². The Morgan fingerprint density at radius 1 is 1.09 bits per heavy atom. The second kappa shape index (κ2) is 5.48. The van der Waals surface area contributed by atoms with E-state index in [1.54, 1.807) is 6.20 Å². The highest BCUT2D eigenvalue weighted by Crippen LogP contribution is 2.26. The Morgan fingerprint density at radius 3 is 2.55 bits per heavy atom. The molecule has 0 aliphatic heterocycles. The van der Waals surface area contributed by atoms with E-state index in [9.17, 15) is 9.90 Å². The summed E-state index contributed by atoms with van der Waals surface area (Å²) in [6.45, 7) is 4.00. The standard InChI is InChI=1S/C18H16N2O2/c1-12-6-5-8-14(10-12)20-11-16(18(21)22)19-17(20)15-9-4-3-7-13(15)2/h3-11H,1-2H3,(H,21,22). The zero-order chi connectivity index (χ0) is 15.7. The molecule has 0 fully saturated rings. The van der Waals surface area contributed by atoms with E-state index >= 15 is 0 Å². The van der Waals surface area contributed by atoms with E-state index in [1.165, 1.54) is 0 Å². The largest absolute Gasteiger partial charge is 0.476 e. The summed E-state index contributed by atoms with van der Waals surface area (Å²) < 4.78 is 1.83. The molecule has 1 N–H and O–H groups in total. The first-order chi connectivity index (χ1) is 10.6. The fourth-order valence-corrected chi connectivity index (χ4v) is 2.47. The molecule has 2 aromatic carbocycles. The van der Waals surface area contributed by atoms with Crippen LogP contribution in [-0.4, -0.2) is 20.6 Å². The molecule has 4 nitrogen and oxygen atoms in total. The molecule has 0 saturated carbocycles. The maximum Gasteiger partial charge on any atom is 0.356 e. The van der Waals surface area contributed by atoms with Crippen LogP contribution in [0.4, 0.5) is 0 Å². The number of benzene rings is 2. The first kappa shape index (κ1) is 14.1. The molecule has 0 spiro atoms. The van der Waals surface area contributed by atoms with Gasteiger partial charge >= 0.3 is 5.97 Å². The Morgan fingerprint density at radius 2 is 1.86 bits per heavy atom. The van der Waals surface area contributed by atoms with Crippen molar-refractivity contribution in [3.8, 4) is 17.1 Å². The molecule has 4 heteroatoms. The van der Waals surface area contributed by atoms with Crippen molar-refractivity contribution in [1.82, 2.24) is 9.55 Å². The lowest BCUT2D eigenvalue weighted by Crippen LogP contribution is -1.97. The predicted octanol–water partition coefficient (Wildman–Crippen LogP) is 3.85. The fourth-order valence-electron chi connectivity index (χ4n) is 2.47. The molecule has 0 saturated heterocycles. The van der Waals surface area contributed by atoms with Crippen LogP contribution in [0.25, 0.3) is 17.1 Å². The minimum atomic E-state index is -1.03. The number of carboxylic acids is 1. The molecule has 0 amide bonds. The van der Waals surface area contributed by atoms with Gasteiger partial charge in [-0.25, -0.2) is 9.78 Å². The number of carboxylic acid groups (broad SMARTS) is 1. The summed E-state index contributed by atoms with van der Waals surface area (Å²) in [5.41, 5.74) is 4.03. The van der Waals surface area contributed by atoms with Gasteiger partial charge in [-0.1, -0.05) is 36.4 Å². The normalized spacial score (nSPS) is 10.6. The fraction of sp³-hybridized carbons (Fsp3) is 0.111. The smallest absolute Gasteiger partial charge is 0.356 e. The van der Waals surface area contributed by atoms with Crippen LogP contribution in [0.1, 0.15) is 21.6 Å². The Labute approximate surface area is 128 Å². The van der Waals surface area contributed by atoms with Crippen molar-refractivity contribution >= 4 is 5.97 Å². The van der Waals surface area contributed by atoms with Crippen molar-refractivity contribution < 1.29 is 9.90 Å². The van der Waals surface area contributed by atoms with Gasteiger partial charge in [0.05, 0.1) is 0 Å². The van der Waals surface area contributed by atoms with E-state index < -0.39 is 5.97 Å². The monoisotopic (exact) mass is 292 g/mol. The SMILES string of the molecule is Cc1cccc(-n2cc(C(=O)O)nc2-c2ccccc2C)c1. The maximum absolute atomic E-state index is 11.3. The third-order valence-electron chi connectivity index (χ3n) is 3.59. The Hall–Kier alpha value is -2.88. The summed E-state index contributed by atoms with van der Waals surface area (Å²) >= 11 is 0. The van der Waals surface area contributed by atoms with Crippen molar-refractivity contribution in [1.29, 1.82) is 0 Å². The average Bonchev–Trinajstić information content (AvgIpc) is 2.93. The van der Waals surface area contributed by atoms with Gasteiger partial charge < -0.3 is 5.11 Å².